The summed E-state index contributed by atoms with van der Waals surface area (Å²) >= 11 is 3.78. The molecule has 0 aliphatic carbocycles. The van der Waals surface area contributed by atoms with E-state index >= 15 is 0 Å². The molecule has 0 unspecified atom stereocenters. The van der Waals surface area contributed by atoms with Gasteiger partial charge >= 0.3 is 13.8 Å². The van der Waals surface area contributed by atoms with Gasteiger partial charge < -0.3 is 10.3 Å². The van der Waals surface area contributed by atoms with E-state index in [1.807, 2.05) is 0 Å². The zero-order chi connectivity index (χ0) is 9.78. The second-order valence-electron chi connectivity index (χ2n) is 2.02. The van der Waals surface area contributed by atoms with E-state index in [1.165, 1.54) is 0 Å². The summed E-state index contributed by atoms with van der Waals surface area (Å²) in [5.41, 5.74) is 5.17. The van der Waals surface area contributed by atoms with Crippen LogP contribution in [0.3, 0.4) is 0 Å². The first-order valence-corrected chi connectivity index (χ1v) is 5.18. The van der Waals surface area contributed by atoms with Crippen LogP contribution in [-0.2, 0) is 13.9 Å². The molecule has 8 heteroatoms. The standard InChI is InChI=1S/C4H10NO5PS/c5-3(1-2-12)4(6)10-11(7,8)9/h3,12H,1-2,5H2,(H2,7,8,9)/t3-/m0/s1. The van der Waals surface area contributed by atoms with Crippen molar-refractivity contribution in [1.29, 1.82) is 0 Å². The second-order valence-corrected chi connectivity index (χ2v) is 3.63. The van der Waals surface area contributed by atoms with E-state index in [9.17, 15) is 9.36 Å². The molecule has 0 aliphatic rings. The van der Waals surface area contributed by atoms with E-state index in [0.717, 1.165) is 0 Å². The van der Waals surface area contributed by atoms with E-state index in [0.29, 0.717) is 5.75 Å². The average Bonchev–Trinajstić information content (AvgIpc) is 1.84. The third-order valence-electron chi connectivity index (χ3n) is 0.952. The lowest BCUT2D eigenvalue weighted by molar-refractivity contribution is -0.137. The second kappa shape index (κ2) is 4.84. The minimum absolute atomic E-state index is 0.210. The first-order chi connectivity index (χ1) is 5.37. The van der Waals surface area contributed by atoms with Gasteiger partial charge in [0.15, 0.2) is 0 Å². The number of hydrogen-bond acceptors (Lipinski definition) is 5. The fourth-order valence-electron chi connectivity index (χ4n) is 0.442. The molecule has 0 aliphatic heterocycles. The molecule has 0 bridgehead atoms. The van der Waals surface area contributed by atoms with Crippen molar-refractivity contribution < 1.29 is 23.7 Å². The molecular formula is C4H10NO5PS. The van der Waals surface area contributed by atoms with Crippen molar-refractivity contribution in [3.8, 4) is 0 Å². The van der Waals surface area contributed by atoms with E-state index in [-0.39, 0.29) is 6.42 Å². The first kappa shape index (κ1) is 11.9. The topological polar surface area (TPSA) is 110 Å². The molecule has 0 spiro atoms. The van der Waals surface area contributed by atoms with Gasteiger partial charge in [-0.2, -0.15) is 12.6 Å². The van der Waals surface area contributed by atoms with Crippen molar-refractivity contribution in [1.82, 2.24) is 0 Å². The molecule has 12 heavy (non-hydrogen) atoms. The fourth-order valence-corrected chi connectivity index (χ4v) is 1.09. The van der Waals surface area contributed by atoms with Crippen LogP contribution in [0.1, 0.15) is 6.42 Å². The predicted octanol–water partition coefficient (Wildman–Crippen LogP) is -0.731. The zero-order valence-electron chi connectivity index (χ0n) is 6.08. The number of phosphoric acid groups is 1. The van der Waals surface area contributed by atoms with Crippen molar-refractivity contribution >= 4 is 26.4 Å². The Bertz CT molecular complexity index is 204. The van der Waals surface area contributed by atoms with Crippen molar-refractivity contribution in [2.45, 2.75) is 12.5 Å². The Hall–Kier alpha value is -0.0700. The predicted molar refractivity (Wildman–Crippen MR) is 44.6 cm³/mol. The average molecular weight is 215 g/mol. The van der Waals surface area contributed by atoms with Crippen LogP contribution in [0, 0.1) is 0 Å². The summed E-state index contributed by atoms with van der Waals surface area (Å²) < 4.78 is 13.8. The zero-order valence-corrected chi connectivity index (χ0v) is 7.87. The van der Waals surface area contributed by atoms with Gasteiger partial charge in [0.25, 0.3) is 0 Å². The molecule has 6 nitrogen and oxygen atoms in total. The largest absolute Gasteiger partial charge is 0.527 e. The monoisotopic (exact) mass is 215 g/mol. The number of carbonyl (C=O) groups excluding carboxylic acids is 1. The molecule has 0 radical (unpaired) electrons. The minimum atomic E-state index is -4.75. The molecule has 0 amide bonds. The highest BCUT2D eigenvalue weighted by molar-refractivity contribution is 7.80. The number of hydrogen-bond donors (Lipinski definition) is 4. The number of rotatable bonds is 4. The SMILES string of the molecule is N[C@@H](CCS)C(=O)OP(=O)(O)O. The van der Waals surface area contributed by atoms with Crippen LogP contribution in [0.25, 0.3) is 0 Å². The Labute approximate surface area is 74.7 Å². The van der Waals surface area contributed by atoms with E-state index in [2.05, 4.69) is 17.2 Å². The molecule has 0 aromatic rings. The Morgan fingerprint density at radius 1 is 1.67 bits per heavy atom. The van der Waals surface area contributed by atoms with Crippen LogP contribution in [0.5, 0.6) is 0 Å². The van der Waals surface area contributed by atoms with Crippen molar-refractivity contribution in [2.24, 2.45) is 5.73 Å². The molecule has 0 fully saturated rings. The van der Waals surface area contributed by atoms with E-state index in [1.54, 1.807) is 0 Å². The van der Waals surface area contributed by atoms with Crippen LogP contribution in [0.15, 0.2) is 0 Å². The maximum Gasteiger partial charge on any atom is 0.527 e. The summed E-state index contributed by atoms with van der Waals surface area (Å²) in [6.07, 6.45) is 0.210. The minimum Gasteiger partial charge on any atom is -0.369 e. The van der Waals surface area contributed by atoms with Gasteiger partial charge in [-0.15, -0.1) is 0 Å². The Morgan fingerprint density at radius 3 is 2.50 bits per heavy atom. The van der Waals surface area contributed by atoms with Gasteiger partial charge in [0.2, 0.25) is 0 Å². The third kappa shape index (κ3) is 5.56. The van der Waals surface area contributed by atoms with Gasteiger partial charge in [-0.05, 0) is 12.2 Å². The van der Waals surface area contributed by atoms with Crippen molar-refractivity contribution in [3.05, 3.63) is 0 Å². The van der Waals surface area contributed by atoms with Gasteiger partial charge in [-0.1, -0.05) is 0 Å². The number of carbonyl (C=O) groups is 1. The van der Waals surface area contributed by atoms with E-state index in [4.69, 9.17) is 15.5 Å². The summed E-state index contributed by atoms with van der Waals surface area (Å²) in [5.74, 6) is -0.769. The van der Waals surface area contributed by atoms with Crippen LogP contribution in [0.4, 0.5) is 0 Å². The summed E-state index contributed by atoms with van der Waals surface area (Å²) in [5, 5.41) is 0. The van der Waals surface area contributed by atoms with Crippen molar-refractivity contribution in [3.63, 3.8) is 0 Å². The summed E-state index contributed by atoms with van der Waals surface area (Å²) in [7, 11) is -4.75. The highest BCUT2D eigenvalue weighted by Gasteiger charge is 2.24. The van der Waals surface area contributed by atoms with Crippen molar-refractivity contribution in [2.75, 3.05) is 5.75 Å². The molecule has 1 atom stereocenters. The lowest BCUT2D eigenvalue weighted by Crippen LogP contribution is -2.31. The van der Waals surface area contributed by atoms with Gasteiger partial charge in [0, 0.05) is 0 Å². The van der Waals surface area contributed by atoms with Crippen LogP contribution < -0.4 is 5.73 Å². The molecule has 4 N–H and O–H groups in total. The Kier molecular flexibility index (Phi) is 4.81. The Morgan fingerprint density at radius 2 is 2.17 bits per heavy atom. The molecule has 0 heterocycles. The quantitative estimate of drug-likeness (QED) is 0.363. The fraction of sp³-hybridized carbons (Fsp3) is 0.750. The number of thiol groups is 1. The van der Waals surface area contributed by atoms with Gasteiger partial charge in [0.1, 0.15) is 6.04 Å². The van der Waals surface area contributed by atoms with Gasteiger partial charge in [-0.3, -0.25) is 9.79 Å². The summed E-state index contributed by atoms with van der Waals surface area (Å²) in [6, 6.07) is -1.03. The van der Waals surface area contributed by atoms with Gasteiger partial charge in [0.05, 0.1) is 0 Å². The van der Waals surface area contributed by atoms with E-state index < -0.39 is 19.8 Å². The first-order valence-electron chi connectivity index (χ1n) is 3.02. The van der Waals surface area contributed by atoms with Gasteiger partial charge in [-0.25, -0.2) is 9.36 Å². The molecule has 0 saturated heterocycles. The summed E-state index contributed by atoms with van der Waals surface area (Å²) in [4.78, 5) is 27.1. The highest BCUT2D eigenvalue weighted by atomic mass is 32.1. The molecule has 0 aromatic heterocycles. The normalized spacial score (nSPS) is 14.0. The molecule has 0 aromatic carbocycles. The number of phosphoric ester groups is 1. The van der Waals surface area contributed by atoms with Crippen LogP contribution >= 0.6 is 20.5 Å². The lowest BCUT2D eigenvalue weighted by Gasteiger charge is -2.09. The lowest BCUT2D eigenvalue weighted by atomic mass is 10.2. The van der Waals surface area contributed by atoms with Crippen LogP contribution in [-0.4, -0.2) is 27.6 Å². The molecule has 0 rings (SSSR count). The molecule has 72 valence electrons. The maximum atomic E-state index is 10.7. The highest BCUT2D eigenvalue weighted by Crippen LogP contribution is 2.36. The maximum absolute atomic E-state index is 10.7. The Balaban J connectivity index is 3.96. The molecule has 0 saturated carbocycles. The number of nitrogens with two attached hydrogens (primary N) is 1. The third-order valence-corrected chi connectivity index (χ3v) is 1.63. The summed E-state index contributed by atoms with van der Waals surface area (Å²) in [6.45, 7) is 0. The van der Waals surface area contributed by atoms with Crippen LogP contribution in [0.2, 0.25) is 0 Å². The smallest absolute Gasteiger partial charge is 0.369 e. The molecular weight excluding hydrogens is 205 g/mol.